The number of rotatable bonds is 5. The number of benzene rings is 2. The molecule has 5 nitrogen and oxygen atoms in total. The Hall–Kier alpha value is -2.52. The first-order valence-electron chi connectivity index (χ1n) is 8.06. The lowest BCUT2D eigenvalue weighted by molar-refractivity contribution is -0.137. The summed E-state index contributed by atoms with van der Waals surface area (Å²) in [7, 11) is 0. The second kappa shape index (κ2) is 8.24. The smallest absolute Gasteiger partial charge is 0.325 e. The molecule has 0 aliphatic carbocycles. The molecule has 1 heterocycles. The summed E-state index contributed by atoms with van der Waals surface area (Å²) in [6.45, 7) is 1.61. The summed E-state index contributed by atoms with van der Waals surface area (Å²) < 4.78 is 38.8. The molecule has 1 aromatic heterocycles. The van der Waals surface area contributed by atoms with Gasteiger partial charge in [-0.05, 0) is 25.1 Å². The molecular formula is C18H14ClF3N4OS. The molecule has 1 amide bonds. The van der Waals surface area contributed by atoms with E-state index in [-0.39, 0.29) is 5.69 Å². The van der Waals surface area contributed by atoms with Crippen LogP contribution in [0, 0.1) is 0 Å². The first kappa shape index (κ1) is 20.2. The number of H-pyrrole nitrogens is 1. The van der Waals surface area contributed by atoms with Crippen LogP contribution in [0.5, 0.6) is 0 Å². The molecule has 146 valence electrons. The SMILES string of the molecule is CC(Sc1n[nH]c(-c2ccccc2)n1)C(=O)Nc1ccc(Cl)c(C(F)(F)F)c1. The lowest BCUT2D eigenvalue weighted by Gasteiger charge is -2.13. The van der Waals surface area contributed by atoms with Crippen LogP contribution >= 0.6 is 23.4 Å². The van der Waals surface area contributed by atoms with Crippen LogP contribution in [0.15, 0.2) is 53.7 Å². The molecule has 0 bridgehead atoms. The summed E-state index contributed by atoms with van der Waals surface area (Å²) in [6, 6.07) is 12.5. The molecule has 0 saturated heterocycles. The quantitative estimate of drug-likeness (QED) is 0.546. The van der Waals surface area contributed by atoms with Crippen LogP contribution in [0.3, 0.4) is 0 Å². The number of aromatic amines is 1. The molecule has 10 heteroatoms. The van der Waals surface area contributed by atoms with Gasteiger partial charge in [0, 0.05) is 11.3 Å². The number of carbonyl (C=O) groups is 1. The Morgan fingerprint density at radius 3 is 2.61 bits per heavy atom. The fraction of sp³-hybridized carbons (Fsp3) is 0.167. The van der Waals surface area contributed by atoms with Crippen molar-refractivity contribution in [1.82, 2.24) is 15.2 Å². The summed E-state index contributed by atoms with van der Waals surface area (Å²) in [6.07, 6.45) is -4.61. The summed E-state index contributed by atoms with van der Waals surface area (Å²) in [5.74, 6) is 0.0785. The van der Waals surface area contributed by atoms with Crippen LogP contribution < -0.4 is 5.32 Å². The number of alkyl halides is 3. The van der Waals surface area contributed by atoms with E-state index >= 15 is 0 Å². The van der Waals surface area contributed by atoms with Gasteiger partial charge in [0.2, 0.25) is 11.1 Å². The van der Waals surface area contributed by atoms with Gasteiger partial charge >= 0.3 is 6.18 Å². The van der Waals surface area contributed by atoms with E-state index in [9.17, 15) is 18.0 Å². The number of nitrogens with one attached hydrogen (secondary N) is 2. The van der Waals surface area contributed by atoms with Crippen molar-refractivity contribution in [2.45, 2.75) is 23.5 Å². The number of thioether (sulfide) groups is 1. The fourth-order valence-electron chi connectivity index (χ4n) is 2.30. The standard InChI is InChI=1S/C18H14ClF3N4OS/c1-10(28-17-24-15(25-26-17)11-5-3-2-4-6-11)16(27)23-12-7-8-14(19)13(9-12)18(20,21)22/h2-10H,1H3,(H,23,27)(H,24,25,26). The number of anilines is 1. The van der Waals surface area contributed by atoms with E-state index in [1.54, 1.807) is 6.92 Å². The molecule has 0 radical (unpaired) electrons. The van der Waals surface area contributed by atoms with Gasteiger partial charge in [-0.15, -0.1) is 5.10 Å². The fourth-order valence-corrected chi connectivity index (χ4v) is 3.25. The monoisotopic (exact) mass is 426 g/mol. The third-order valence-corrected chi connectivity index (χ3v) is 4.99. The molecule has 0 saturated carbocycles. The largest absolute Gasteiger partial charge is 0.417 e. The minimum absolute atomic E-state index is 0.00846. The van der Waals surface area contributed by atoms with Crippen molar-refractivity contribution in [3.63, 3.8) is 0 Å². The molecule has 3 aromatic rings. The normalized spacial score (nSPS) is 12.6. The predicted octanol–water partition coefficient (Wildman–Crippen LogP) is 5.26. The Bertz CT molecular complexity index is 978. The van der Waals surface area contributed by atoms with Crippen molar-refractivity contribution in [2.24, 2.45) is 0 Å². The van der Waals surface area contributed by atoms with Gasteiger partial charge in [-0.3, -0.25) is 9.89 Å². The van der Waals surface area contributed by atoms with Crippen LogP contribution in [-0.4, -0.2) is 26.3 Å². The van der Waals surface area contributed by atoms with Gasteiger partial charge in [-0.1, -0.05) is 53.7 Å². The van der Waals surface area contributed by atoms with Crippen molar-refractivity contribution in [3.8, 4) is 11.4 Å². The second-order valence-corrected chi connectivity index (χ2v) is 7.49. The molecule has 2 N–H and O–H groups in total. The van der Waals surface area contributed by atoms with E-state index in [0.29, 0.717) is 11.0 Å². The molecule has 3 rings (SSSR count). The van der Waals surface area contributed by atoms with Crippen LogP contribution in [-0.2, 0) is 11.0 Å². The van der Waals surface area contributed by atoms with Crippen molar-refractivity contribution < 1.29 is 18.0 Å². The van der Waals surface area contributed by atoms with E-state index < -0.39 is 27.9 Å². The zero-order valence-electron chi connectivity index (χ0n) is 14.4. The number of halogens is 4. The van der Waals surface area contributed by atoms with E-state index in [1.807, 2.05) is 30.3 Å². The molecule has 2 aromatic carbocycles. The van der Waals surface area contributed by atoms with Crippen LogP contribution in [0.25, 0.3) is 11.4 Å². The third kappa shape index (κ3) is 4.85. The van der Waals surface area contributed by atoms with Gasteiger partial charge in [0.05, 0.1) is 15.8 Å². The molecule has 28 heavy (non-hydrogen) atoms. The number of aromatic nitrogens is 3. The van der Waals surface area contributed by atoms with E-state index in [2.05, 4.69) is 20.5 Å². The molecule has 0 aliphatic rings. The minimum atomic E-state index is -4.61. The average Bonchev–Trinajstić information content (AvgIpc) is 3.11. The maximum Gasteiger partial charge on any atom is 0.417 e. The molecular weight excluding hydrogens is 413 g/mol. The van der Waals surface area contributed by atoms with Crippen LogP contribution in [0.4, 0.5) is 18.9 Å². The van der Waals surface area contributed by atoms with Crippen molar-refractivity contribution in [3.05, 3.63) is 59.1 Å². The first-order valence-corrected chi connectivity index (χ1v) is 9.32. The third-order valence-electron chi connectivity index (χ3n) is 3.70. The zero-order chi connectivity index (χ0) is 20.3. The second-order valence-electron chi connectivity index (χ2n) is 5.77. The van der Waals surface area contributed by atoms with Gasteiger partial charge in [0.15, 0.2) is 5.82 Å². The lowest BCUT2D eigenvalue weighted by atomic mass is 10.2. The Kier molecular flexibility index (Phi) is 5.95. The van der Waals surface area contributed by atoms with Crippen molar-refractivity contribution >= 4 is 35.0 Å². The zero-order valence-corrected chi connectivity index (χ0v) is 16.0. The highest BCUT2D eigenvalue weighted by atomic mass is 35.5. The van der Waals surface area contributed by atoms with Gasteiger partial charge < -0.3 is 5.32 Å². The van der Waals surface area contributed by atoms with E-state index in [4.69, 9.17) is 11.6 Å². The Morgan fingerprint density at radius 1 is 1.21 bits per heavy atom. The van der Waals surface area contributed by atoms with Crippen LogP contribution in [0.1, 0.15) is 12.5 Å². The summed E-state index contributed by atoms with van der Waals surface area (Å²) >= 11 is 6.67. The lowest BCUT2D eigenvalue weighted by Crippen LogP contribution is -2.22. The first-order chi connectivity index (χ1) is 13.2. The predicted molar refractivity (Wildman–Crippen MR) is 102 cm³/mol. The molecule has 0 fully saturated rings. The molecule has 1 atom stereocenters. The van der Waals surface area contributed by atoms with Gasteiger partial charge in [-0.2, -0.15) is 13.2 Å². The Balaban J connectivity index is 1.67. The van der Waals surface area contributed by atoms with Gasteiger partial charge in [0.1, 0.15) is 0 Å². The van der Waals surface area contributed by atoms with E-state index in [0.717, 1.165) is 29.5 Å². The summed E-state index contributed by atoms with van der Waals surface area (Å²) in [5.41, 5.74) is -0.150. The maximum absolute atomic E-state index is 12.9. The number of amides is 1. The highest BCUT2D eigenvalue weighted by Gasteiger charge is 2.33. The number of nitrogens with zero attached hydrogens (tertiary/aromatic N) is 2. The van der Waals surface area contributed by atoms with Crippen LogP contribution in [0.2, 0.25) is 5.02 Å². The number of carbonyl (C=O) groups excluding carboxylic acids is 1. The van der Waals surface area contributed by atoms with Gasteiger partial charge in [0.25, 0.3) is 0 Å². The summed E-state index contributed by atoms with van der Waals surface area (Å²) in [4.78, 5) is 16.6. The topological polar surface area (TPSA) is 70.7 Å². The molecule has 1 unspecified atom stereocenters. The van der Waals surface area contributed by atoms with Gasteiger partial charge in [-0.25, -0.2) is 4.98 Å². The highest BCUT2D eigenvalue weighted by Crippen LogP contribution is 2.36. The Labute approximate surface area is 167 Å². The van der Waals surface area contributed by atoms with Crippen molar-refractivity contribution in [2.75, 3.05) is 5.32 Å². The Morgan fingerprint density at radius 2 is 1.93 bits per heavy atom. The minimum Gasteiger partial charge on any atom is -0.325 e. The van der Waals surface area contributed by atoms with E-state index in [1.165, 1.54) is 6.07 Å². The number of hydrogen-bond donors (Lipinski definition) is 2. The molecule has 0 spiro atoms. The summed E-state index contributed by atoms with van der Waals surface area (Å²) in [5, 5.41) is 8.60. The maximum atomic E-state index is 12.9. The highest BCUT2D eigenvalue weighted by molar-refractivity contribution is 8.00. The molecule has 0 aliphatic heterocycles. The average molecular weight is 427 g/mol. The van der Waals surface area contributed by atoms with Crippen molar-refractivity contribution in [1.29, 1.82) is 0 Å². The number of hydrogen-bond acceptors (Lipinski definition) is 4.